The van der Waals surface area contributed by atoms with Gasteiger partial charge >= 0.3 is 0 Å². The van der Waals surface area contributed by atoms with Crippen molar-refractivity contribution >= 4 is 23.5 Å². The molecule has 0 radical (unpaired) electrons. The third-order valence-electron chi connectivity index (χ3n) is 5.26. The quantitative estimate of drug-likeness (QED) is 0.320. The molecule has 0 aliphatic carbocycles. The third-order valence-corrected chi connectivity index (χ3v) is 5.85. The summed E-state index contributed by atoms with van der Waals surface area (Å²) in [7, 11) is 0. The second-order valence-corrected chi connectivity index (χ2v) is 8.02. The van der Waals surface area contributed by atoms with Gasteiger partial charge in [-0.05, 0) is 43.2 Å². The summed E-state index contributed by atoms with van der Waals surface area (Å²) in [4.78, 5) is 26.1. The smallest absolute Gasteiger partial charge is 0.266 e. The van der Waals surface area contributed by atoms with E-state index in [0.29, 0.717) is 35.5 Å². The molecule has 31 heavy (non-hydrogen) atoms. The van der Waals surface area contributed by atoms with Gasteiger partial charge in [-0.25, -0.2) is 15.0 Å². The van der Waals surface area contributed by atoms with E-state index in [4.69, 9.17) is 23.3 Å². The van der Waals surface area contributed by atoms with Crippen LogP contribution in [0.25, 0.3) is 16.6 Å². The van der Waals surface area contributed by atoms with Gasteiger partial charge in [0.2, 0.25) is 0 Å². The third kappa shape index (κ3) is 3.74. The lowest BCUT2D eigenvalue weighted by Gasteiger charge is -2.31. The molecule has 7 nitrogen and oxygen atoms in total. The minimum Gasteiger partial charge on any atom is -0.329 e. The van der Waals surface area contributed by atoms with Crippen molar-refractivity contribution in [2.75, 3.05) is 13.1 Å². The maximum Gasteiger partial charge on any atom is 0.266 e. The Balaban J connectivity index is 2.14. The van der Waals surface area contributed by atoms with E-state index in [1.54, 1.807) is 16.8 Å². The first kappa shape index (κ1) is 21.2. The number of aromatic nitrogens is 4. The van der Waals surface area contributed by atoms with E-state index in [0.717, 1.165) is 16.8 Å². The molecule has 0 aliphatic rings. The molecule has 0 aliphatic heterocycles. The molecule has 3 N–H and O–H groups in total. The van der Waals surface area contributed by atoms with Crippen LogP contribution in [0, 0.1) is 13.8 Å². The van der Waals surface area contributed by atoms with Gasteiger partial charge in [-0.15, -0.1) is 12.6 Å². The molecule has 1 unspecified atom stereocenters. The lowest BCUT2D eigenvalue weighted by atomic mass is 10.1. The van der Waals surface area contributed by atoms with Crippen molar-refractivity contribution < 1.29 is 0 Å². The zero-order chi connectivity index (χ0) is 22.0. The van der Waals surface area contributed by atoms with Crippen molar-refractivity contribution in [1.82, 2.24) is 24.8 Å². The second-order valence-electron chi connectivity index (χ2n) is 7.35. The number of thiol groups is 1. The van der Waals surface area contributed by atoms with E-state index in [2.05, 4.69) is 15.3 Å². The standard InChI is InChI=1S/C23H24N6OS/c1-15-6-3-4-9-18(15)29-21(30)20-16(2)7-5-8-17(20)28-22(29)23(31,27-13-11-24)19-10-12-25-14-26-19/h3-10,12,14,27,31H,11,13,24H2,1-2H3. The van der Waals surface area contributed by atoms with Gasteiger partial charge in [0.25, 0.3) is 5.56 Å². The molecule has 4 aromatic rings. The van der Waals surface area contributed by atoms with Crippen LogP contribution < -0.4 is 16.6 Å². The Bertz CT molecular complexity index is 1290. The van der Waals surface area contributed by atoms with Crippen LogP contribution >= 0.6 is 12.6 Å². The molecular weight excluding hydrogens is 408 g/mol. The van der Waals surface area contributed by atoms with Gasteiger partial charge in [0.1, 0.15) is 6.33 Å². The number of nitrogens with zero attached hydrogens (tertiary/aromatic N) is 4. The summed E-state index contributed by atoms with van der Waals surface area (Å²) in [6, 6.07) is 15.1. The molecule has 0 spiro atoms. The van der Waals surface area contributed by atoms with Gasteiger partial charge in [-0.3, -0.25) is 14.7 Å². The first-order valence-electron chi connectivity index (χ1n) is 10.00. The molecule has 8 heteroatoms. The second kappa shape index (κ2) is 8.58. The number of hydrogen-bond donors (Lipinski definition) is 3. The van der Waals surface area contributed by atoms with Crippen molar-refractivity contribution in [3.8, 4) is 5.69 Å². The van der Waals surface area contributed by atoms with Gasteiger partial charge in [0.05, 0.1) is 22.3 Å². The van der Waals surface area contributed by atoms with E-state index in [9.17, 15) is 4.79 Å². The summed E-state index contributed by atoms with van der Waals surface area (Å²) in [5.41, 5.74) is 9.35. The predicted molar refractivity (Wildman–Crippen MR) is 126 cm³/mol. The maximum atomic E-state index is 13.9. The van der Waals surface area contributed by atoms with Gasteiger partial charge in [0.15, 0.2) is 10.7 Å². The predicted octanol–water partition coefficient (Wildman–Crippen LogP) is 2.47. The van der Waals surface area contributed by atoms with Crippen LogP contribution in [0.1, 0.15) is 22.6 Å². The van der Waals surface area contributed by atoms with E-state index >= 15 is 0 Å². The van der Waals surface area contributed by atoms with Crippen molar-refractivity contribution in [3.05, 3.63) is 94.1 Å². The van der Waals surface area contributed by atoms with E-state index in [-0.39, 0.29) is 5.56 Å². The van der Waals surface area contributed by atoms with Crippen LogP contribution in [0.2, 0.25) is 0 Å². The molecule has 2 aromatic heterocycles. The SMILES string of the molecule is Cc1ccccc1-n1c(C(S)(NCCN)c2ccncn2)nc2cccc(C)c2c1=O. The fourth-order valence-electron chi connectivity index (χ4n) is 3.72. The molecule has 1 atom stereocenters. The molecular formula is C23H24N6OS. The highest BCUT2D eigenvalue weighted by Gasteiger charge is 2.37. The van der Waals surface area contributed by atoms with Crippen molar-refractivity contribution in [3.63, 3.8) is 0 Å². The topological polar surface area (TPSA) is 98.7 Å². The first-order valence-corrected chi connectivity index (χ1v) is 10.4. The number of nitrogens with one attached hydrogen (secondary N) is 1. The summed E-state index contributed by atoms with van der Waals surface area (Å²) in [5.74, 6) is 0.417. The minimum absolute atomic E-state index is 0.158. The van der Waals surface area contributed by atoms with Crippen LogP contribution in [0.4, 0.5) is 0 Å². The Hall–Kier alpha value is -3.07. The van der Waals surface area contributed by atoms with Crippen molar-refractivity contribution in [2.24, 2.45) is 5.73 Å². The Morgan fingerprint density at radius 1 is 1.10 bits per heavy atom. The van der Waals surface area contributed by atoms with Gasteiger partial charge in [-0.2, -0.15) is 0 Å². The molecule has 0 fully saturated rings. The molecule has 4 rings (SSSR count). The van der Waals surface area contributed by atoms with Gasteiger partial charge in [0, 0.05) is 19.3 Å². The molecule has 0 amide bonds. The maximum absolute atomic E-state index is 13.9. The van der Waals surface area contributed by atoms with Crippen molar-refractivity contribution in [1.29, 1.82) is 0 Å². The molecule has 0 bridgehead atoms. The van der Waals surface area contributed by atoms with Crippen molar-refractivity contribution in [2.45, 2.75) is 18.7 Å². The fraction of sp³-hybridized carbons (Fsp3) is 0.217. The Morgan fingerprint density at radius 3 is 2.58 bits per heavy atom. The Kier molecular flexibility index (Phi) is 5.86. The normalized spacial score (nSPS) is 13.3. The average Bonchev–Trinajstić information content (AvgIpc) is 2.78. The van der Waals surface area contributed by atoms with Gasteiger partial charge < -0.3 is 5.73 Å². The van der Waals surface area contributed by atoms with Crippen LogP contribution in [-0.2, 0) is 4.87 Å². The zero-order valence-corrected chi connectivity index (χ0v) is 18.3. The lowest BCUT2D eigenvalue weighted by Crippen LogP contribution is -2.46. The number of rotatable bonds is 6. The molecule has 2 aromatic carbocycles. The monoisotopic (exact) mass is 432 g/mol. The summed E-state index contributed by atoms with van der Waals surface area (Å²) in [5, 5.41) is 3.92. The summed E-state index contributed by atoms with van der Waals surface area (Å²) in [6.45, 7) is 4.71. The summed E-state index contributed by atoms with van der Waals surface area (Å²) in [6.07, 6.45) is 3.09. The number of hydrogen-bond acceptors (Lipinski definition) is 7. The minimum atomic E-state index is -1.18. The summed E-state index contributed by atoms with van der Waals surface area (Å²) >= 11 is 5.01. The summed E-state index contributed by atoms with van der Waals surface area (Å²) < 4.78 is 1.63. The number of benzene rings is 2. The number of nitrogens with two attached hydrogens (primary N) is 1. The zero-order valence-electron chi connectivity index (χ0n) is 17.4. The number of fused-ring (bicyclic) bond motifs is 1. The van der Waals surface area contributed by atoms with Crippen LogP contribution in [0.3, 0.4) is 0 Å². The molecule has 158 valence electrons. The lowest BCUT2D eigenvalue weighted by molar-refractivity contribution is 0.513. The van der Waals surface area contributed by atoms with E-state index in [1.165, 1.54) is 6.33 Å². The van der Waals surface area contributed by atoms with Crippen LogP contribution in [0.15, 0.2) is 65.8 Å². The van der Waals surface area contributed by atoms with Gasteiger partial charge in [-0.1, -0.05) is 30.3 Å². The Labute approximate surface area is 185 Å². The number of aryl methyl sites for hydroxylation is 2. The highest BCUT2D eigenvalue weighted by atomic mass is 32.1. The average molecular weight is 433 g/mol. The van der Waals surface area contributed by atoms with E-state index < -0.39 is 4.87 Å². The number of para-hydroxylation sites is 1. The largest absolute Gasteiger partial charge is 0.329 e. The Morgan fingerprint density at radius 2 is 1.87 bits per heavy atom. The van der Waals surface area contributed by atoms with Crippen LogP contribution in [-0.4, -0.2) is 32.6 Å². The molecule has 0 saturated carbocycles. The molecule has 0 saturated heterocycles. The fourth-order valence-corrected chi connectivity index (χ4v) is 4.11. The molecule has 2 heterocycles. The highest BCUT2D eigenvalue weighted by molar-refractivity contribution is 7.81. The highest BCUT2D eigenvalue weighted by Crippen LogP contribution is 2.33. The van der Waals surface area contributed by atoms with E-state index in [1.807, 2.05) is 56.3 Å². The first-order chi connectivity index (χ1) is 15.0. The van der Waals surface area contributed by atoms with Crippen LogP contribution in [0.5, 0.6) is 0 Å².